The molecular formula is C14H17O2. The number of benzene rings is 1. The lowest BCUT2D eigenvalue weighted by atomic mass is 10.0. The van der Waals surface area contributed by atoms with Crippen LogP contribution in [-0.2, 0) is 11.2 Å². The van der Waals surface area contributed by atoms with E-state index in [0.717, 1.165) is 17.5 Å². The maximum atomic E-state index is 10.9. The van der Waals surface area contributed by atoms with E-state index >= 15 is 0 Å². The summed E-state index contributed by atoms with van der Waals surface area (Å²) in [6.45, 7) is 9.30. The summed E-state index contributed by atoms with van der Waals surface area (Å²) < 4.78 is 5.07. The molecule has 0 bridgehead atoms. The molecule has 1 radical (unpaired) electrons. The molecule has 2 heteroatoms. The van der Waals surface area contributed by atoms with Crippen LogP contribution in [0.5, 0.6) is 5.75 Å². The van der Waals surface area contributed by atoms with Crippen LogP contribution in [0.4, 0.5) is 0 Å². The molecule has 0 aliphatic rings. The fraction of sp³-hybridized carbons (Fsp3) is 0.357. The maximum Gasteiger partial charge on any atom is 0.308 e. The van der Waals surface area contributed by atoms with Crippen LogP contribution in [0.15, 0.2) is 24.8 Å². The van der Waals surface area contributed by atoms with Gasteiger partial charge in [0.05, 0.1) is 0 Å². The molecule has 0 aliphatic carbocycles. The number of hydrogen-bond acceptors (Lipinski definition) is 2. The minimum absolute atomic E-state index is 0.309. The molecule has 2 nitrogen and oxygen atoms in total. The average molecular weight is 217 g/mol. The summed E-state index contributed by atoms with van der Waals surface area (Å²) >= 11 is 0. The van der Waals surface area contributed by atoms with E-state index in [1.807, 2.05) is 12.1 Å². The Morgan fingerprint density at radius 3 is 2.62 bits per heavy atom. The van der Waals surface area contributed by atoms with Gasteiger partial charge in [-0.3, -0.25) is 4.79 Å². The fourth-order valence-electron chi connectivity index (χ4n) is 1.58. The summed E-state index contributed by atoms with van der Waals surface area (Å²) in [6, 6.07) is 5.67. The number of carbonyl (C=O) groups excluding carboxylic acids is 1. The monoisotopic (exact) mass is 217 g/mol. The minimum atomic E-state index is -0.309. The molecule has 0 saturated heterocycles. The summed E-state index contributed by atoms with van der Waals surface area (Å²) in [4.78, 5) is 10.9. The lowest BCUT2D eigenvalue weighted by Crippen LogP contribution is -2.03. The molecule has 0 spiro atoms. The Morgan fingerprint density at radius 2 is 2.12 bits per heavy atom. The molecule has 0 atom stereocenters. The predicted molar refractivity (Wildman–Crippen MR) is 64.3 cm³/mol. The first-order valence-corrected chi connectivity index (χ1v) is 5.36. The highest BCUT2D eigenvalue weighted by molar-refractivity contribution is 5.69. The Kier molecular flexibility index (Phi) is 4.29. The standard InChI is InChI=1S/C14H17O2/c1-5-12-7-13(6-10(2)3)9-14(8-12)16-11(4)15/h7-10H,1,6H2,2-4H3. The normalized spacial score (nSPS) is 10.2. The third-order valence-corrected chi connectivity index (χ3v) is 2.08. The van der Waals surface area contributed by atoms with Crippen molar-refractivity contribution >= 4 is 5.97 Å². The molecule has 0 N–H and O–H groups in total. The van der Waals surface area contributed by atoms with E-state index in [9.17, 15) is 4.79 Å². The second-order valence-corrected chi connectivity index (χ2v) is 4.23. The summed E-state index contributed by atoms with van der Waals surface area (Å²) in [5.74, 6) is 0.818. The second kappa shape index (κ2) is 5.50. The minimum Gasteiger partial charge on any atom is -0.427 e. The molecule has 16 heavy (non-hydrogen) atoms. The van der Waals surface area contributed by atoms with E-state index in [-0.39, 0.29) is 5.97 Å². The molecule has 1 aromatic rings. The Balaban J connectivity index is 3.00. The molecule has 85 valence electrons. The molecule has 0 amide bonds. The lowest BCUT2D eigenvalue weighted by Gasteiger charge is -2.09. The molecule has 1 aromatic carbocycles. The van der Waals surface area contributed by atoms with E-state index < -0.39 is 0 Å². The molecule has 0 heterocycles. The van der Waals surface area contributed by atoms with Crippen LogP contribution in [0.1, 0.15) is 31.9 Å². The highest BCUT2D eigenvalue weighted by Crippen LogP contribution is 2.20. The van der Waals surface area contributed by atoms with Crippen molar-refractivity contribution in [1.29, 1.82) is 0 Å². The van der Waals surface area contributed by atoms with E-state index in [2.05, 4.69) is 26.5 Å². The smallest absolute Gasteiger partial charge is 0.308 e. The quantitative estimate of drug-likeness (QED) is 0.572. The Labute approximate surface area is 96.9 Å². The van der Waals surface area contributed by atoms with E-state index in [0.29, 0.717) is 11.7 Å². The van der Waals surface area contributed by atoms with Crippen LogP contribution in [0.3, 0.4) is 0 Å². The van der Waals surface area contributed by atoms with Crippen LogP contribution in [-0.4, -0.2) is 5.97 Å². The van der Waals surface area contributed by atoms with Crippen LogP contribution in [0.25, 0.3) is 0 Å². The number of rotatable bonds is 4. The van der Waals surface area contributed by atoms with Crippen molar-refractivity contribution in [2.75, 3.05) is 0 Å². The van der Waals surface area contributed by atoms with Gasteiger partial charge < -0.3 is 4.74 Å². The van der Waals surface area contributed by atoms with Crippen LogP contribution >= 0.6 is 0 Å². The van der Waals surface area contributed by atoms with Gasteiger partial charge in [0.1, 0.15) is 5.75 Å². The summed E-state index contributed by atoms with van der Waals surface area (Å²) in [5.41, 5.74) is 1.99. The highest BCUT2D eigenvalue weighted by atomic mass is 16.5. The SMILES string of the molecule is C=[C]c1cc(CC(C)C)cc(OC(C)=O)c1. The first kappa shape index (κ1) is 12.5. The van der Waals surface area contributed by atoms with Gasteiger partial charge in [-0.25, -0.2) is 0 Å². The van der Waals surface area contributed by atoms with Crippen molar-refractivity contribution < 1.29 is 9.53 Å². The topological polar surface area (TPSA) is 26.3 Å². The largest absolute Gasteiger partial charge is 0.427 e. The van der Waals surface area contributed by atoms with Crippen LogP contribution < -0.4 is 4.74 Å². The number of ether oxygens (including phenoxy) is 1. The van der Waals surface area contributed by atoms with Crippen molar-refractivity contribution in [3.05, 3.63) is 42.0 Å². The van der Waals surface area contributed by atoms with Crippen LogP contribution in [0.2, 0.25) is 0 Å². The Morgan fingerprint density at radius 1 is 1.44 bits per heavy atom. The number of esters is 1. The lowest BCUT2D eigenvalue weighted by molar-refractivity contribution is -0.131. The van der Waals surface area contributed by atoms with Gasteiger partial charge in [0.15, 0.2) is 0 Å². The molecule has 0 unspecified atom stereocenters. The second-order valence-electron chi connectivity index (χ2n) is 4.23. The fourth-order valence-corrected chi connectivity index (χ4v) is 1.58. The molecule has 1 rings (SSSR count). The van der Waals surface area contributed by atoms with E-state index in [4.69, 9.17) is 4.74 Å². The Hall–Kier alpha value is -1.57. The van der Waals surface area contributed by atoms with Crippen molar-refractivity contribution in [2.24, 2.45) is 5.92 Å². The van der Waals surface area contributed by atoms with Gasteiger partial charge in [0, 0.05) is 6.92 Å². The molecular weight excluding hydrogens is 200 g/mol. The van der Waals surface area contributed by atoms with Gasteiger partial charge >= 0.3 is 5.97 Å². The summed E-state index contributed by atoms with van der Waals surface area (Å²) in [7, 11) is 0. The van der Waals surface area contributed by atoms with Crippen molar-refractivity contribution in [3.8, 4) is 5.75 Å². The van der Waals surface area contributed by atoms with Gasteiger partial charge in [-0.05, 0) is 41.7 Å². The van der Waals surface area contributed by atoms with Gasteiger partial charge in [-0.1, -0.05) is 26.5 Å². The Bertz CT molecular complexity index is 392. The molecule has 0 fully saturated rings. The zero-order chi connectivity index (χ0) is 12.1. The number of carbonyl (C=O) groups is 1. The summed E-state index contributed by atoms with van der Waals surface area (Å²) in [6.07, 6.45) is 3.76. The van der Waals surface area contributed by atoms with Crippen molar-refractivity contribution in [2.45, 2.75) is 27.2 Å². The van der Waals surface area contributed by atoms with Crippen molar-refractivity contribution in [1.82, 2.24) is 0 Å². The first-order chi connectivity index (χ1) is 7.51. The predicted octanol–water partition coefficient (Wildman–Crippen LogP) is 3.15. The third kappa shape index (κ3) is 3.89. The molecule has 0 saturated carbocycles. The zero-order valence-electron chi connectivity index (χ0n) is 10.0. The maximum absolute atomic E-state index is 10.9. The van der Waals surface area contributed by atoms with E-state index in [1.165, 1.54) is 6.92 Å². The highest BCUT2D eigenvalue weighted by Gasteiger charge is 2.04. The van der Waals surface area contributed by atoms with Gasteiger partial charge in [-0.15, -0.1) is 0 Å². The third-order valence-electron chi connectivity index (χ3n) is 2.08. The summed E-state index contributed by atoms with van der Waals surface area (Å²) in [5, 5.41) is 0. The van der Waals surface area contributed by atoms with Crippen LogP contribution in [0, 0.1) is 12.0 Å². The van der Waals surface area contributed by atoms with Gasteiger partial charge in [0.2, 0.25) is 0 Å². The van der Waals surface area contributed by atoms with Gasteiger partial charge in [0.25, 0.3) is 0 Å². The van der Waals surface area contributed by atoms with E-state index in [1.54, 1.807) is 6.07 Å². The zero-order valence-corrected chi connectivity index (χ0v) is 10.0. The first-order valence-electron chi connectivity index (χ1n) is 5.36. The van der Waals surface area contributed by atoms with Crippen molar-refractivity contribution in [3.63, 3.8) is 0 Å². The number of hydrogen-bond donors (Lipinski definition) is 0. The van der Waals surface area contributed by atoms with Gasteiger partial charge in [-0.2, -0.15) is 0 Å². The average Bonchev–Trinajstić information content (AvgIpc) is 2.14. The molecule has 0 aliphatic heterocycles. The molecule has 0 aromatic heterocycles.